The molecule has 1 spiro atoms. The number of likely N-dealkylation sites (tertiary alicyclic amines) is 1. The predicted molar refractivity (Wildman–Crippen MR) is 124 cm³/mol. The third-order valence-corrected chi connectivity index (χ3v) is 6.74. The average Bonchev–Trinajstić information content (AvgIpc) is 3.37. The normalized spacial score (nSPS) is 21.5. The van der Waals surface area contributed by atoms with Crippen LogP contribution in [0.4, 0.5) is 0 Å². The van der Waals surface area contributed by atoms with Crippen molar-refractivity contribution >= 4 is 29.9 Å². The Kier molecular flexibility index (Phi) is 8.00. The molecule has 28 heavy (non-hydrogen) atoms. The van der Waals surface area contributed by atoms with Gasteiger partial charge in [0.05, 0.1) is 0 Å². The van der Waals surface area contributed by atoms with E-state index in [0.29, 0.717) is 5.41 Å². The highest BCUT2D eigenvalue weighted by molar-refractivity contribution is 14.0. The number of aryl methyl sites for hydroxylation is 2. The highest BCUT2D eigenvalue weighted by Gasteiger charge is 2.41. The third-order valence-electron chi connectivity index (χ3n) is 6.74. The van der Waals surface area contributed by atoms with Crippen LogP contribution in [0, 0.1) is 5.41 Å². The molecule has 0 atom stereocenters. The molecule has 2 aliphatic heterocycles. The monoisotopic (exact) mass is 500 g/mol. The molecule has 0 aromatic carbocycles. The second-order valence-corrected chi connectivity index (χ2v) is 8.71. The van der Waals surface area contributed by atoms with Crippen molar-refractivity contribution in [1.82, 2.24) is 25.0 Å². The van der Waals surface area contributed by atoms with Crippen LogP contribution in [0.5, 0.6) is 0 Å². The molecule has 1 aromatic rings. The van der Waals surface area contributed by atoms with Gasteiger partial charge in [-0.25, -0.2) is 0 Å². The van der Waals surface area contributed by atoms with Gasteiger partial charge in [-0.15, -0.1) is 34.2 Å². The maximum atomic E-state index is 4.95. The Bertz CT molecular complexity index is 649. The summed E-state index contributed by atoms with van der Waals surface area (Å²) < 4.78 is 2.37. The van der Waals surface area contributed by atoms with E-state index < -0.39 is 0 Å². The van der Waals surface area contributed by atoms with Gasteiger partial charge in [-0.05, 0) is 50.9 Å². The smallest absolute Gasteiger partial charge is 0.193 e. The van der Waals surface area contributed by atoms with Gasteiger partial charge in [0, 0.05) is 45.6 Å². The van der Waals surface area contributed by atoms with E-state index >= 15 is 0 Å². The minimum Gasteiger partial charge on any atom is -0.357 e. The van der Waals surface area contributed by atoms with Crippen LogP contribution in [-0.2, 0) is 19.4 Å². The molecule has 7 heteroatoms. The zero-order valence-electron chi connectivity index (χ0n) is 17.5. The summed E-state index contributed by atoms with van der Waals surface area (Å²) in [7, 11) is 0. The number of aliphatic imine (C=N–C) groups is 1. The van der Waals surface area contributed by atoms with Gasteiger partial charge in [0.25, 0.3) is 0 Å². The molecule has 0 unspecified atom stereocenters. The summed E-state index contributed by atoms with van der Waals surface area (Å²) in [6.45, 7) is 7.45. The Balaban J connectivity index is 0.00000225. The van der Waals surface area contributed by atoms with Gasteiger partial charge in [0.15, 0.2) is 5.96 Å². The largest absolute Gasteiger partial charge is 0.357 e. The molecule has 3 heterocycles. The Labute approximate surface area is 187 Å². The number of guanidine groups is 1. The van der Waals surface area contributed by atoms with Gasteiger partial charge in [-0.3, -0.25) is 4.99 Å². The third kappa shape index (κ3) is 5.00. The van der Waals surface area contributed by atoms with Gasteiger partial charge in [-0.2, -0.15) is 0 Å². The highest BCUT2D eigenvalue weighted by Crippen LogP contribution is 2.45. The van der Waals surface area contributed by atoms with Gasteiger partial charge in [0.1, 0.15) is 11.6 Å². The van der Waals surface area contributed by atoms with Gasteiger partial charge in [-0.1, -0.05) is 19.3 Å². The lowest BCUT2D eigenvalue weighted by Crippen LogP contribution is -2.41. The lowest BCUT2D eigenvalue weighted by molar-refractivity contribution is 0.309. The first kappa shape index (κ1) is 21.8. The lowest BCUT2D eigenvalue weighted by atomic mass is 9.86. The average molecular weight is 500 g/mol. The van der Waals surface area contributed by atoms with Crippen LogP contribution in [0.15, 0.2) is 4.99 Å². The second-order valence-electron chi connectivity index (χ2n) is 8.71. The molecule has 1 aliphatic carbocycles. The summed E-state index contributed by atoms with van der Waals surface area (Å²) in [6.07, 6.45) is 14.0. The van der Waals surface area contributed by atoms with E-state index in [-0.39, 0.29) is 24.0 Å². The standard InChI is InChI=1S/C21H36N6.HI/c1-2-22-20(26-16-13-21(17-26)11-5-6-12-21)23-14-8-10-19-25-24-18-9-4-3-7-15-27(18)19;/h2-17H2,1H3,(H,22,23);1H. The number of hydrogen-bond donors (Lipinski definition) is 1. The van der Waals surface area contributed by atoms with E-state index in [9.17, 15) is 0 Å². The Hall–Kier alpha value is -0.860. The molecule has 3 aliphatic rings. The van der Waals surface area contributed by atoms with Crippen molar-refractivity contribution < 1.29 is 0 Å². The Morgan fingerprint density at radius 2 is 1.93 bits per heavy atom. The summed E-state index contributed by atoms with van der Waals surface area (Å²) in [5.41, 5.74) is 0.593. The molecule has 1 saturated heterocycles. The SMILES string of the molecule is CCNC(=NCCCc1nnc2n1CCCCC2)N1CCC2(CCCC2)C1.I. The number of nitrogens with zero attached hydrogens (tertiary/aromatic N) is 5. The minimum atomic E-state index is 0. The molecule has 6 nitrogen and oxygen atoms in total. The van der Waals surface area contributed by atoms with Crippen molar-refractivity contribution in [3.8, 4) is 0 Å². The number of aromatic nitrogens is 3. The van der Waals surface area contributed by atoms with Crippen molar-refractivity contribution in [2.24, 2.45) is 10.4 Å². The first-order valence-corrected chi connectivity index (χ1v) is 11.2. The van der Waals surface area contributed by atoms with Gasteiger partial charge < -0.3 is 14.8 Å². The fourth-order valence-corrected chi connectivity index (χ4v) is 5.23. The topological polar surface area (TPSA) is 58.3 Å². The summed E-state index contributed by atoms with van der Waals surface area (Å²) in [4.78, 5) is 7.47. The lowest BCUT2D eigenvalue weighted by Gasteiger charge is -2.26. The number of nitrogens with one attached hydrogen (secondary N) is 1. The zero-order valence-corrected chi connectivity index (χ0v) is 19.8. The van der Waals surface area contributed by atoms with Crippen LogP contribution in [0.3, 0.4) is 0 Å². The summed E-state index contributed by atoms with van der Waals surface area (Å²) in [5, 5.41) is 12.4. The van der Waals surface area contributed by atoms with Crippen molar-refractivity contribution in [1.29, 1.82) is 0 Å². The molecule has 1 N–H and O–H groups in total. The molecule has 1 saturated carbocycles. The maximum Gasteiger partial charge on any atom is 0.193 e. The van der Waals surface area contributed by atoms with Crippen LogP contribution >= 0.6 is 24.0 Å². The second kappa shape index (κ2) is 10.3. The number of fused-ring (bicyclic) bond motifs is 1. The molecule has 4 rings (SSSR count). The van der Waals surface area contributed by atoms with Gasteiger partial charge in [0.2, 0.25) is 0 Å². The van der Waals surface area contributed by atoms with Crippen LogP contribution in [0.2, 0.25) is 0 Å². The molecule has 158 valence electrons. The van der Waals surface area contributed by atoms with E-state index in [2.05, 4.69) is 31.9 Å². The Morgan fingerprint density at radius 3 is 2.75 bits per heavy atom. The Morgan fingerprint density at radius 1 is 1.07 bits per heavy atom. The molecule has 1 aromatic heterocycles. The fourth-order valence-electron chi connectivity index (χ4n) is 5.23. The quantitative estimate of drug-likeness (QED) is 0.289. The fraction of sp³-hybridized carbons (Fsp3) is 0.857. The minimum absolute atomic E-state index is 0. The van der Waals surface area contributed by atoms with E-state index in [1.807, 2.05) is 0 Å². The molecule has 0 bridgehead atoms. The maximum absolute atomic E-state index is 4.95. The molecule has 2 fully saturated rings. The van der Waals surface area contributed by atoms with Crippen LogP contribution in [0.1, 0.15) is 76.4 Å². The molecule has 0 amide bonds. The van der Waals surface area contributed by atoms with Crippen LogP contribution in [0.25, 0.3) is 0 Å². The highest BCUT2D eigenvalue weighted by atomic mass is 127. The predicted octanol–water partition coefficient (Wildman–Crippen LogP) is 3.79. The van der Waals surface area contributed by atoms with E-state index in [1.165, 1.54) is 70.3 Å². The molecular formula is C21H37IN6. The van der Waals surface area contributed by atoms with Crippen molar-refractivity contribution in [2.45, 2.75) is 84.1 Å². The van der Waals surface area contributed by atoms with E-state index in [0.717, 1.165) is 50.7 Å². The zero-order chi connectivity index (χ0) is 18.5. The molecule has 0 radical (unpaired) electrons. The number of rotatable bonds is 5. The molecular weight excluding hydrogens is 463 g/mol. The van der Waals surface area contributed by atoms with Crippen molar-refractivity contribution in [2.75, 3.05) is 26.2 Å². The summed E-state index contributed by atoms with van der Waals surface area (Å²) in [5.74, 6) is 3.48. The summed E-state index contributed by atoms with van der Waals surface area (Å²) >= 11 is 0. The van der Waals surface area contributed by atoms with Crippen LogP contribution < -0.4 is 5.32 Å². The van der Waals surface area contributed by atoms with Crippen LogP contribution in [-0.4, -0.2) is 51.8 Å². The van der Waals surface area contributed by atoms with E-state index in [4.69, 9.17) is 4.99 Å². The number of hydrogen-bond acceptors (Lipinski definition) is 3. The summed E-state index contributed by atoms with van der Waals surface area (Å²) in [6, 6.07) is 0. The van der Waals surface area contributed by atoms with Crippen molar-refractivity contribution in [3.63, 3.8) is 0 Å². The van der Waals surface area contributed by atoms with Crippen molar-refractivity contribution in [3.05, 3.63) is 11.6 Å². The van der Waals surface area contributed by atoms with E-state index in [1.54, 1.807) is 0 Å². The number of halogens is 1. The first-order valence-electron chi connectivity index (χ1n) is 11.2. The van der Waals surface area contributed by atoms with Gasteiger partial charge >= 0.3 is 0 Å². The first-order chi connectivity index (χ1) is 13.3.